The summed E-state index contributed by atoms with van der Waals surface area (Å²) in [6, 6.07) is 16.9. The zero-order chi connectivity index (χ0) is 42.8. The smallest absolute Gasteiger partial charge is 0.344 e. The number of benzene rings is 3. The van der Waals surface area contributed by atoms with E-state index in [4.69, 9.17) is 24.1 Å². The molecule has 322 valence electrons. The number of nitrogens with zero attached hydrogens (tertiary/aromatic N) is 4. The van der Waals surface area contributed by atoms with Crippen LogP contribution in [0.25, 0.3) is 0 Å². The third-order valence-electron chi connectivity index (χ3n) is 17.0. The Kier molecular flexibility index (Phi) is 7.81. The van der Waals surface area contributed by atoms with E-state index in [1.165, 1.54) is 25.4 Å². The maximum absolute atomic E-state index is 15.2. The minimum Gasteiger partial charge on any atom is -0.504 e. The Morgan fingerprint density at radius 3 is 1.71 bits per heavy atom. The molecule has 3 aromatic carbocycles. The number of rotatable bonds is 2. The van der Waals surface area contributed by atoms with Crippen molar-refractivity contribution in [1.82, 2.24) is 9.80 Å². The summed E-state index contributed by atoms with van der Waals surface area (Å²) in [4.78, 5) is 52.9. The molecule has 10 atom stereocenters. The second kappa shape index (κ2) is 12.6. The standard InChI is InChI=1S/C47H46N4O8.C2H6O/c1-5-24-22-48-18-16-45-29-12-8-10-14-33(29)50-37(42(54)56-3)26(24)19-34(48)46(45,50)58-40-31(45)21-30-36(39(40)52)41(53)59-47-35-20-27-25(6-2)23-49(35)17-15-44(30,47)28-11-7-9-13-32(28)51(47)38(27)43(55)57-4;1-2-3/h5-14,21,26-27,34-35,37-38,52H,15-20,22-23H2,1-4H3;3H,2H2,1H3/b24-5-,25-6-;/t26-,27-,34-,35-,37-,38-,44+,45+,46-,47-;/m0./s1. The van der Waals surface area contributed by atoms with Crippen molar-refractivity contribution >= 4 is 29.3 Å². The normalized spacial score (nSPS) is 38.0. The summed E-state index contributed by atoms with van der Waals surface area (Å²) in [7, 11) is 2.89. The first-order valence-electron chi connectivity index (χ1n) is 22.3. The van der Waals surface area contributed by atoms with Crippen molar-refractivity contribution in [3.05, 3.63) is 106 Å². The third kappa shape index (κ3) is 3.90. The number of anilines is 2. The Labute approximate surface area is 360 Å². The van der Waals surface area contributed by atoms with E-state index in [9.17, 15) is 14.7 Å². The molecule has 3 aromatic rings. The third-order valence-corrected chi connectivity index (χ3v) is 17.0. The predicted molar refractivity (Wildman–Crippen MR) is 227 cm³/mol. The van der Waals surface area contributed by atoms with Crippen molar-refractivity contribution < 1.29 is 43.5 Å². The number of hydrogen-bond donors (Lipinski definition) is 2. The van der Waals surface area contributed by atoms with E-state index in [1.54, 1.807) is 6.92 Å². The first-order valence-corrected chi connectivity index (χ1v) is 22.3. The fourth-order valence-corrected chi connectivity index (χ4v) is 15.1. The highest BCUT2D eigenvalue weighted by Gasteiger charge is 2.82. The number of esters is 3. The fourth-order valence-electron chi connectivity index (χ4n) is 15.1. The Bertz CT molecular complexity index is 2590. The highest BCUT2D eigenvalue weighted by molar-refractivity contribution is 6.02. The van der Waals surface area contributed by atoms with Crippen LogP contribution in [0.2, 0.25) is 0 Å². The van der Waals surface area contributed by atoms with Crippen molar-refractivity contribution in [2.45, 2.75) is 92.9 Å². The van der Waals surface area contributed by atoms with E-state index in [0.29, 0.717) is 44.3 Å². The van der Waals surface area contributed by atoms with Crippen molar-refractivity contribution in [3.63, 3.8) is 0 Å². The van der Waals surface area contributed by atoms with Gasteiger partial charge in [0.2, 0.25) is 11.4 Å². The summed E-state index contributed by atoms with van der Waals surface area (Å²) < 4.78 is 25.8. The molecule has 0 unspecified atom stereocenters. The van der Waals surface area contributed by atoms with E-state index in [2.05, 4.69) is 69.0 Å². The van der Waals surface area contributed by atoms with Crippen molar-refractivity contribution in [1.29, 1.82) is 0 Å². The van der Waals surface area contributed by atoms with Gasteiger partial charge in [0.15, 0.2) is 11.5 Å². The molecule has 10 heterocycles. The molecule has 0 aromatic heterocycles. The van der Waals surface area contributed by atoms with Crippen molar-refractivity contribution in [2.24, 2.45) is 11.8 Å². The quantitative estimate of drug-likeness (QED) is 0.209. The number of phenols is 1. The number of carbonyl (C=O) groups is 3. The molecule has 2 N–H and O–H groups in total. The van der Waals surface area contributed by atoms with Gasteiger partial charge in [-0.3, -0.25) is 9.80 Å². The van der Waals surface area contributed by atoms with E-state index in [-0.39, 0.29) is 59.5 Å². The molecule has 13 heteroatoms. The zero-order valence-electron chi connectivity index (χ0n) is 35.7. The Balaban J connectivity index is 0.00000133. The first-order chi connectivity index (χ1) is 30.1. The second-order valence-corrected chi connectivity index (χ2v) is 18.6. The van der Waals surface area contributed by atoms with Gasteiger partial charge in [0.1, 0.15) is 17.6 Å². The van der Waals surface area contributed by atoms with Crippen LogP contribution in [0.5, 0.6) is 11.5 Å². The number of fused-ring (bicyclic) bond motifs is 8. The maximum Gasteiger partial charge on any atom is 0.344 e. The van der Waals surface area contributed by atoms with E-state index >= 15 is 4.79 Å². The van der Waals surface area contributed by atoms with E-state index < -0.39 is 40.3 Å². The van der Waals surface area contributed by atoms with Crippen LogP contribution < -0.4 is 14.5 Å². The maximum atomic E-state index is 15.2. The van der Waals surface area contributed by atoms with Gasteiger partial charge < -0.3 is 39.0 Å². The first kappa shape index (κ1) is 38.3. The molecule has 13 nitrogen and oxygen atoms in total. The Morgan fingerprint density at radius 2 is 1.23 bits per heavy atom. The van der Waals surface area contributed by atoms with Gasteiger partial charge in [-0.2, -0.15) is 0 Å². The molecule has 6 saturated heterocycles. The van der Waals surface area contributed by atoms with Crippen LogP contribution >= 0.6 is 0 Å². The molecule has 13 rings (SSSR count). The van der Waals surface area contributed by atoms with Gasteiger partial charge in [0, 0.05) is 61.6 Å². The van der Waals surface area contributed by atoms with Crippen LogP contribution in [0.3, 0.4) is 0 Å². The number of piperidine rings is 6. The van der Waals surface area contributed by atoms with Crippen LogP contribution in [0.4, 0.5) is 11.4 Å². The minimum absolute atomic E-state index is 0.0910. The number of methoxy groups -OCH3 is 2. The SMILES string of the molecule is C/C=C1/CN2CC[C@]34c5ccccc5N5[C@H](C(=O)OC)[C@H]1C[C@H]2[C@@]53Oc1c4cc2c(c1O)C(=O)O[C@@]13[C@@H]4C[C@H]5/C(=C\C)CN4CC[C@@]21c1ccccc1N3[C@@H]5C(=O)OC.CCO. The van der Waals surface area contributed by atoms with Gasteiger partial charge >= 0.3 is 17.9 Å². The summed E-state index contributed by atoms with van der Waals surface area (Å²) in [6.45, 7) is 8.91. The van der Waals surface area contributed by atoms with Gasteiger partial charge in [0.25, 0.3) is 0 Å². The number of allylic oxidation sites excluding steroid dienone is 2. The number of aliphatic hydroxyl groups is 1. The molecule has 62 heavy (non-hydrogen) atoms. The van der Waals surface area contributed by atoms with Crippen LogP contribution in [-0.2, 0) is 34.6 Å². The lowest BCUT2D eigenvalue weighted by molar-refractivity contribution is -0.174. The highest BCUT2D eigenvalue weighted by atomic mass is 16.6. The summed E-state index contributed by atoms with van der Waals surface area (Å²) >= 11 is 0. The Morgan fingerprint density at radius 1 is 0.758 bits per heavy atom. The van der Waals surface area contributed by atoms with Crippen molar-refractivity contribution in [3.8, 4) is 11.5 Å². The van der Waals surface area contributed by atoms with Gasteiger partial charge in [-0.25, -0.2) is 14.4 Å². The lowest BCUT2D eigenvalue weighted by Gasteiger charge is -2.67. The highest BCUT2D eigenvalue weighted by Crippen LogP contribution is 2.75. The molecular weight excluding hydrogens is 789 g/mol. The summed E-state index contributed by atoms with van der Waals surface area (Å²) in [5.41, 5.74) is 3.68. The van der Waals surface area contributed by atoms with E-state index in [1.807, 2.05) is 31.2 Å². The molecule has 10 aliphatic heterocycles. The molecular formula is C49H52N4O9. The fraction of sp³-hybridized carbons (Fsp3) is 0.490. The molecule has 0 saturated carbocycles. The van der Waals surface area contributed by atoms with Crippen LogP contribution in [-0.4, -0.2) is 121 Å². The van der Waals surface area contributed by atoms with Crippen LogP contribution in [0, 0.1) is 11.8 Å². The van der Waals surface area contributed by atoms with Gasteiger partial charge in [-0.1, -0.05) is 59.7 Å². The predicted octanol–water partition coefficient (Wildman–Crippen LogP) is 4.75. The monoisotopic (exact) mass is 840 g/mol. The molecule has 0 aliphatic carbocycles. The van der Waals surface area contributed by atoms with Gasteiger partial charge in [0.05, 0.1) is 37.1 Å². The number of para-hydroxylation sites is 2. The largest absolute Gasteiger partial charge is 0.504 e. The molecule has 2 spiro atoms. The lowest BCUT2D eigenvalue weighted by atomic mass is 9.54. The molecule has 0 radical (unpaired) electrons. The number of aromatic hydroxyl groups is 1. The average molecular weight is 841 g/mol. The number of carbonyl (C=O) groups excluding carboxylic acids is 3. The zero-order valence-corrected chi connectivity index (χ0v) is 35.7. The lowest BCUT2D eigenvalue weighted by Crippen LogP contribution is -2.82. The summed E-state index contributed by atoms with van der Waals surface area (Å²) in [5, 5.41) is 20.5. The summed E-state index contributed by atoms with van der Waals surface area (Å²) in [6.07, 6.45) is 6.83. The topological polar surface area (TPSA) is 142 Å². The van der Waals surface area contributed by atoms with Crippen LogP contribution in [0.1, 0.15) is 79.1 Å². The molecule has 4 bridgehead atoms. The minimum atomic E-state index is -1.30. The number of phenolic OH excluding ortho intramolecular Hbond substituents is 1. The second-order valence-electron chi connectivity index (χ2n) is 18.6. The molecule has 0 amide bonds. The Hall–Kier alpha value is -5.37. The van der Waals surface area contributed by atoms with Gasteiger partial charge in [-0.15, -0.1) is 0 Å². The number of hydrogen-bond acceptors (Lipinski definition) is 13. The van der Waals surface area contributed by atoms with E-state index in [0.717, 1.165) is 41.2 Å². The average Bonchev–Trinajstić information content (AvgIpc) is 3.84. The van der Waals surface area contributed by atoms with Crippen molar-refractivity contribution in [2.75, 3.05) is 56.8 Å². The number of ether oxygens (including phenoxy) is 4. The number of aliphatic hydroxyl groups excluding tert-OH is 1. The molecule has 10 aliphatic rings. The molecule has 6 fully saturated rings. The van der Waals surface area contributed by atoms with Gasteiger partial charge in [-0.05, 0) is 81.3 Å². The van der Waals surface area contributed by atoms with Crippen LogP contribution in [0.15, 0.2) is 77.9 Å². The summed E-state index contributed by atoms with van der Waals surface area (Å²) in [5.74, 6) is -1.49.